The summed E-state index contributed by atoms with van der Waals surface area (Å²) in [4.78, 5) is 13.5. The van der Waals surface area contributed by atoms with Crippen LogP contribution in [0.4, 0.5) is 0 Å². The fourth-order valence-electron chi connectivity index (χ4n) is 2.18. The van der Waals surface area contributed by atoms with Gasteiger partial charge in [0.1, 0.15) is 0 Å². The average Bonchev–Trinajstić information content (AvgIpc) is 2.22. The van der Waals surface area contributed by atoms with E-state index in [4.69, 9.17) is 5.73 Å². The summed E-state index contributed by atoms with van der Waals surface area (Å²) in [5.41, 5.74) is 5.36. The minimum atomic E-state index is -0.230. The van der Waals surface area contributed by atoms with Crippen LogP contribution in [0.3, 0.4) is 0 Å². The molecular formula is C11H22N2O2. The molecule has 0 saturated carbocycles. The number of aliphatic hydroxyl groups excluding tert-OH is 1. The van der Waals surface area contributed by atoms with E-state index >= 15 is 0 Å². The third kappa shape index (κ3) is 3.47. The maximum absolute atomic E-state index is 11.6. The predicted molar refractivity (Wildman–Crippen MR) is 59.3 cm³/mol. The zero-order valence-electron chi connectivity index (χ0n) is 9.48. The number of carbonyl (C=O) groups is 1. The molecule has 1 heterocycles. The standard InChI is InChI=1S/C11H22N2O2/c1-2-3-9-8-13(7-5-10(9)14)11(15)4-6-12/h9-10,14H,2-8,12H2,1H3/t9-,10-/m1/s1. The van der Waals surface area contributed by atoms with Gasteiger partial charge in [0.2, 0.25) is 5.91 Å². The Kier molecular flexibility index (Phi) is 5.05. The molecule has 1 saturated heterocycles. The van der Waals surface area contributed by atoms with Gasteiger partial charge >= 0.3 is 0 Å². The van der Waals surface area contributed by atoms with Crippen molar-refractivity contribution >= 4 is 5.91 Å². The van der Waals surface area contributed by atoms with Gasteiger partial charge in [0.25, 0.3) is 0 Å². The molecule has 0 unspecified atom stereocenters. The highest BCUT2D eigenvalue weighted by molar-refractivity contribution is 5.76. The summed E-state index contributed by atoms with van der Waals surface area (Å²) in [6.45, 7) is 3.90. The smallest absolute Gasteiger partial charge is 0.223 e. The van der Waals surface area contributed by atoms with E-state index in [2.05, 4.69) is 6.92 Å². The SMILES string of the molecule is CCC[C@@H]1CN(C(=O)CCN)CC[C@H]1O. The molecule has 0 bridgehead atoms. The lowest BCUT2D eigenvalue weighted by molar-refractivity contribution is -0.134. The molecule has 0 aromatic heterocycles. The number of likely N-dealkylation sites (tertiary alicyclic amines) is 1. The van der Waals surface area contributed by atoms with E-state index in [-0.39, 0.29) is 17.9 Å². The summed E-state index contributed by atoms with van der Waals surface area (Å²) >= 11 is 0. The highest BCUT2D eigenvalue weighted by atomic mass is 16.3. The highest BCUT2D eigenvalue weighted by Gasteiger charge is 2.28. The van der Waals surface area contributed by atoms with Crippen molar-refractivity contribution in [3.63, 3.8) is 0 Å². The maximum atomic E-state index is 11.6. The third-order valence-electron chi connectivity index (χ3n) is 3.06. The van der Waals surface area contributed by atoms with Crippen LogP contribution in [0.1, 0.15) is 32.6 Å². The molecule has 3 N–H and O–H groups in total. The van der Waals surface area contributed by atoms with Gasteiger partial charge in [0, 0.05) is 32.0 Å². The van der Waals surface area contributed by atoms with Crippen LogP contribution in [-0.4, -0.2) is 41.7 Å². The van der Waals surface area contributed by atoms with Gasteiger partial charge in [-0.3, -0.25) is 4.79 Å². The number of carbonyl (C=O) groups excluding carboxylic acids is 1. The van der Waals surface area contributed by atoms with Gasteiger partial charge in [-0.25, -0.2) is 0 Å². The Balaban J connectivity index is 2.45. The summed E-state index contributed by atoms with van der Waals surface area (Å²) in [6, 6.07) is 0. The lowest BCUT2D eigenvalue weighted by Crippen LogP contribution is -2.46. The van der Waals surface area contributed by atoms with Crippen LogP contribution in [0, 0.1) is 5.92 Å². The number of amides is 1. The van der Waals surface area contributed by atoms with E-state index in [0.29, 0.717) is 32.5 Å². The predicted octanol–water partition coefficient (Wildman–Crippen LogP) is 0.345. The second-order valence-corrected chi connectivity index (χ2v) is 4.28. The molecule has 0 aromatic rings. The first-order valence-electron chi connectivity index (χ1n) is 5.85. The Morgan fingerprint density at radius 3 is 2.93 bits per heavy atom. The number of rotatable bonds is 4. The number of hydrogen-bond acceptors (Lipinski definition) is 3. The minimum Gasteiger partial charge on any atom is -0.393 e. The van der Waals surface area contributed by atoms with E-state index in [1.54, 1.807) is 0 Å². The van der Waals surface area contributed by atoms with Crippen molar-refractivity contribution in [2.75, 3.05) is 19.6 Å². The van der Waals surface area contributed by atoms with Gasteiger partial charge in [0.15, 0.2) is 0 Å². The third-order valence-corrected chi connectivity index (χ3v) is 3.06. The maximum Gasteiger partial charge on any atom is 0.223 e. The van der Waals surface area contributed by atoms with E-state index in [9.17, 15) is 9.90 Å². The molecule has 1 aliphatic heterocycles. The Morgan fingerprint density at radius 2 is 2.33 bits per heavy atom. The van der Waals surface area contributed by atoms with Gasteiger partial charge < -0.3 is 15.7 Å². The molecule has 4 heteroatoms. The van der Waals surface area contributed by atoms with Crippen molar-refractivity contribution in [2.24, 2.45) is 11.7 Å². The second-order valence-electron chi connectivity index (χ2n) is 4.28. The first kappa shape index (κ1) is 12.5. The molecule has 1 rings (SSSR count). The zero-order chi connectivity index (χ0) is 11.3. The lowest BCUT2D eigenvalue weighted by Gasteiger charge is -2.36. The molecule has 1 fully saturated rings. The van der Waals surface area contributed by atoms with E-state index in [1.165, 1.54) is 0 Å². The zero-order valence-corrected chi connectivity index (χ0v) is 9.48. The van der Waals surface area contributed by atoms with Crippen LogP contribution in [0.25, 0.3) is 0 Å². The monoisotopic (exact) mass is 214 g/mol. The normalized spacial score (nSPS) is 26.7. The number of aliphatic hydroxyl groups is 1. The summed E-state index contributed by atoms with van der Waals surface area (Å²) in [6.07, 6.45) is 2.95. The Bertz CT molecular complexity index is 209. The summed E-state index contributed by atoms with van der Waals surface area (Å²) in [7, 11) is 0. The van der Waals surface area contributed by atoms with Crippen LogP contribution in [0.15, 0.2) is 0 Å². The fourth-order valence-corrected chi connectivity index (χ4v) is 2.18. The largest absolute Gasteiger partial charge is 0.393 e. The van der Waals surface area contributed by atoms with Gasteiger partial charge in [-0.1, -0.05) is 13.3 Å². The lowest BCUT2D eigenvalue weighted by atomic mass is 9.90. The van der Waals surface area contributed by atoms with Gasteiger partial charge in [0.05, 0.1) is 6.10 Å². The van der Waals surface area contributed by atoms with Crippen LogP contribution >= 0.6 is 0 Å². The molecule has 1 amide bonds. The Hall–Kier alpha value is -0.610. The summed E-state index contributed by atoms with van der Waals surface area (Å²) in [5, 5.41) is 9.77. The van der Waals surface area contributed by atoms with Crippen molar-refractivity contribution in [1.82, 2.24) is 4.90 Å². The Labute approximate surface area is 91.4 Å². The first-order chi connectivity index (χ1) is 7.19. The van der Waals surface area contributed by atoms with Crippen molar-refractivity contribution in [2.45, 2.75) is 38.7 Å². The van der Waals surface area contributed by atoms with Crippen molar-refractivity contribution in [3.8, 4) is 0 Å². The number of nitrogens with zero attached hydrogens (tertiary/aromatic N) is 1. The Morgan fingerprint density at radius 1 is 1.60 bits per heavy atom. The molecule has 15 heavy (non-hydrogen) atoms. The highest BCUT2D eigenvalue weighted by Crippen LogP contribution is 2.21. The van der Waals surface area contributed by atoms with Gasteiger partial charge in [-0.2, -0.15) is 0 Å². The fraction of sp³-hybridized carbons (Fsp3) is 0.909. The van der Waals surface area contributed by atoms with E-state index < -0.39 is 0 Å². The van der Waals surface area contributed by atoms with E-state index in [1.807, 2.05) is 4.90 Å². The molecule has 0 spiro atoms. The van der Waals surface area contributed by atoms with Crippen molar-refractivity contribution in [3.05, 3.63) is 0 Å². The molecule has 0 aliphatic carbocycles. The molecule has 4 nitrogen and oxygen atoms in total. The minimum absolute atomic E-state index is 0.130. The van der Waals surface area contributed by atoms with Crippen molar-refractivity contribution in [1.29, 1.82) is 0 Å². The summed E-state index contributed by atoms with van der Waals surface area (Å²) in [5.74, 6) is 0.385. The first-order valence-corrected chi connectivity index (χ1v) is 5.85. The number of hydrogen-bond donors (Lipinski definition) is 2. The number of piperidine rings is 1. The molecule has 0 radical (unpaired) electrons. The van der Waals surface area contributed by atoms with Crippen LogP contribution in [0.2, 0.25) is 0 Å². The average molecular weight is 214 g/mol. The van der Waals surface area contributed by atoms with Crippen LogP contribution in [0.5, 0.6) is 0 Å². The topological polar surface area (TPSA) is 66.6 Å². The molecule has 88 valence electrons. The summed E-state index contributed by atoms with van der Waals surface area (Å²) < 4.78 is 0. The van der Waals surface area contributed by atoms with E-state index in [0.717, 1.165) is 12.8 Å². The second kappa shape index (κ2) is 6.08. The molecular weight excluding hydrogens is 192 g/mol. The van der Waals surface area contributed by atoms with Gasteiger partial charge in [-0.15, -0.1) is 0 Å². The van der Waals surface area contributed by atoms with Crippen LogP contribution < -0.4 is 5.73 Å². The number of nitrogens with two attached hydrogens (primary N) is 1. The van der Waals surface area contributed by atoms with Gasteiger partial charge in [-0.05, 0) is 12.8 Å². The molecule has 1 aliphatic rings. The van der Waals surface area contributed by atoms with Crippen molar-refractivity contribution < 1.29 is 9.90 Å². The van der Waals surface area contributed by atoms with Crippen LogP contribution in [-0.2, 0) is 4.79 Å². The molecule has 2 atom stereocenters. The molecule has 0 aromatic carbocycles. The quantitative estimate of drug-likeness (QED) is 0.709.